The standard InChI is InChI=1S/C16H29N5O/c1-4-8-21-9-6-14(7-10-21)19-16(17-3)18-12-15-11-13(5-2)20-22-15/h11,14H,4-10,12H2,1-3H3,(H2,17,18,19). The van der Waals surface area contributed by atoms with E-state index in [0.29, 0.717) is 12.6 Å². The van der Waals surface area contributed by atoms with Crippen LogP contribution >= 0.6 is 0 Å². The minimum absolute atomic E-state index is 0.500. The first-order valence-electron chi connectivity index (χ1n) is 8.39. The number of nitrogens with one attached hydrogen (secondary N) is 2. The van der Waals surface area contributed by atoms with E-state index >= 15 is 0 Å². The van der Waals surface area contributed by atoms with Crippen molar-refractivity contribution in [2.75, 3.05) is 26.7 Å². The van der Waals surface area contributed by atoms with E-state index in [0.717, 1.165) is 23.8 Å². The normalized spacial score (nSPS) is 17.7. The second-order valence-electron chi connectivity index (χ2n) is 5.82. The molecular weight excluding hydrogens is 278 g/mol. The second-order valence-corrected chi connectivity index (χ2v) is 5.82. The topological polar surface area (TPSA) is 65.7 Å². The van der Waals surface area contributed by atoms with Gasteiger partial charge in [-0.3, -0.25) is 4.99 Å². The Labute approximate surface area is 133 Å². The number of hydrogen-bond donors (Lipinski definition) is 2. The Morgan fingerprint density at radius 1 is 1.41 bits per heavy atom. The lowest BCUT2D eigenvalue weighted by atomic mass is 10.1. The van der Waals surface area contributed by atoms with Crippen molar-refractivity contribution >= 4 is 5.96 Å². The van der Waals surface area contributed by atoms with Crippen LogP contribution in [0.2, 0.25) is 0 Å². The average Bonchev–Trinajstić information content (AvgIpc) is 3.01. The Balaban J connectivity index is 1.73. The summed E-state index contributed by atoms with van der Waals surface area (Å²) >= 11 is 0. The van der Waals surface area contributed by atoms with Crippen LogP contribution in [0.25, 0.3) is 0 Å². The highest BCUT2D eigenvalue weighted by molar-refractivity contribution is 5.79. The predicted molar refractivity (Wildman–Crippen MR) is 89.0 cm³/mol. The molecule has 0 radical (unpaired) electrons. The molecule has 0 unspecified atom stereocenters. The van der Waals surface area contributed by atoms with E-state index in [4.69, 9.17) is 4.52 Å². The van der Waals surface area contributed by atoms with Gasteiger partial charge in [-0.25, -0.2) is 0 Å². The van der Waals surface area contributed by atoms with Gasteiger partial charge in [0.2, 0.25) is 0 Å². The molecule has 1 aliphatic heterocycles. The number of piperidine rings is 1. The fraction of sp³-hybridized carbons (Fsp3) is 0.750. The summed E-state index contributed by atoms with van der Waals surface area (Å²) in [6.07, 6.45) is 4.47. The van der Waals surface area contributed by atoms with Gasteiger partial charge in [-0.2, -0.15) is 0 Å². The maximum Gasteiger partial charge on any atom is 0.191 e. The van der Waals surface area contributed by atoms with Crippen LogP contribution in [0, 0.1) is 0 Å². The molecule has 0 aliphatic carbocycles. The molecule has 0 saturated carbocycles. The Morgan fingerprint density at radius 2 is 2.18 bits per heavy atom. The van der Waals surface area contributed by atoms with Crippen molar-refractivity contribution in [3.63, 3.8) is 0 Å². The van der Waals surface area contributed by atoms with Crippen LogP contribution in [0.1, 0.15) is 44.6 Å². The molecular formula is C16H29N5O. The molecule has 6 nitrogen and oxygen atoms in total. The molecule has 2 rings (SSSR count). The van der Waals surface area contributed by atoms with Gasteiger partial charge in [0.25, 0.3) is 0 Å². The molecule has 0 aromatic carbocycles. The van der Waals surface area contributed by atoms with Crippen molar-refractivity contribution in [1.29, 1.82) is 0 Å². The Kier molecular flexibility index (Phi) is 6.71. The van der Waals surface area contributed by atoms with Gasteiger partial charge in [0.05, 0.1) is 12.2 Å². The molecule has 2 heterocycles. The highest BCUT2D eigenvalue weighted by Gasteiger charge is 2.19. The first-order valence-corrected chi connectivity index (χ1v) is 8.39. The van der Waals surface area contributed by atoms with Crippen molar-refractivity contribution < 1.29 is 4.52 Å². The third kappa shape index (κ3) is 5.02. The molecule has 0 spiro atoms. The molecule has 22 heavy (non-hydrogen) atoms. The molecule has 1 aromatic heterocycles. The molecule has 1 aromatic rings. The van der Waals surface area contributed by atoms with E-state index in [1.54, 1.807) is 7.05 Å². The number of likely N-dealkylation sites (tertiary alicyclic amines) is 1. The van der Waals surface area contributed by atoms with Gasteiger partial charge in [-0.15, -0.1) is 0 Å². The maximum atomic E-state index is 5.28. The van der Waals surface area contributed by atoms with Crippen molar-refractivity contribution in [3.05, 3.63) is 17.5 Å². The van der Waals surface area contributed by atoms with E-state index in [-0.39, 0.29) is 0 Å². The lowest BCUT2D eigenvalue weighted by molar-refractivity contribution is 0.206. The van der Waals surface area contributed by atoms with Crippen LogP contribution in [0.15, 0.2) is 15.6 Å². The Morgan fingerprint density at radius 3 is 2.77 bits per heavy atom. The third-order valence-corrected chi connectivity index (χ3v) is 4.09. The summed E-state index contributed by atoms with van der Waals surface area (Å²) in [5.41, 5.74) is 0.989. The van der Waals surface area contributed by atoms with E-state index < -0.39 is 0 Å². The number of guanidine groups is 1. The van der Waals surface area contributed by atoms with Gasteiger partial charge >= 0.3 is 0 Å². The lowest BCUT2D eigenvalue weighted by Gasteiger charge is -2.32. The zero-order valence-corrected chi connectivity index (χ0v) is 14.1. The molecule has 1 fully saturated rings. The fourth-order valence-electron chi connectivity index (χ4n) is 2.78. The zero-order valence-electron chi connectivity index (χ0n) is 14.1. The van der Waals surface area contributed by atoms with Crippen LogP contribution in [-0.4, -0.2) is 48.7 Å². The van der Waals surface area contributed by atoms with E-state index in [1.165, 1.54) is 38.9 Å². The summed E-state index contributed by atoms with van der Waals surface area (Å²) in [4.78, 5) is 6.84. The van der Waals surface area contributed by atoms with Gasteiger partial charge in [0, 0.05) is 32.2 Å². The number of aryl methyl sites for hydroxylation is 1. The largest absolute Gasteiger partial charge is 0.359 e. The summed E-state index contributed by atoms with van der Waals surface area (Å²) in [6.45, 7) is 8.48. The maximum absolute atomic E-state index is 5.28. The van der Waals surface area contributed by atoms with E-state index in [9.17, 15) is 0 Å². The van der Waals surface area contributed by atoms with Crippen molar-refractivity contribution in [1.82, 2.24) is 20.7 Å². The average molecular weight is 307 g/mol. The number of nitrogens with zero attached hydrogens (tertiary/aromatic N) is 3. The zero-order chi connectivity index (χ0) is 15.8. The minimum Gasteiger partial charge on any atom is -0.359 e. The summed E-state index contributed by atoms with van der Waals surface area (Å²) in [6, 6.07) is 2.49. The quantitative estimate of drug-likeness (QED) is 0.619. The third-order valence-electron chi connectivity index (χ3n) is 4.09. The summed E-state index contributed by atoms with van der Waals surface area (Å²) in [7, 11) is 1.80. The first kappa shape index (κ1) is 16.8. The van der Waals surface area contributed by atoms with Crippen LogP contribution in [0.5, 0.6) is 0 Å². The van der Waals surface area contributed by atoms with Crippen LogP contribution in [0.4, 0.5) is 0 Å². The minimum atomic E-state index is 0.500. The van der Waals surface area contributed by atoms with E-state index in [2.05, 4.69) is 39.5 Å². The number of hydrogen-bond acceptors (Lipinski definition) is 4. The smallest absolute Gasteiger partial charge is 0.191 e. The summed E-state index contributed by atoms with van der Waals surface area (Å²) < 4.78 is 5.28. The van der Waals surface area contributed by atoms with Crippen LogP contribution in [0.3, 0.4) is 0 Å². The number of aliphatic imine (C=N–C) groups is 1. The van der Waals surface area contributed by atoms with Crippen molar-refractivity contribution in [2.45, 2.75) is 52.1 Å². The molecule has 1 aliphatic rings. The van der Waals surface area contributed by atoms with Crippen molar-refractivity contribution in [2.24, 2.45) is 4.99 Å². The van der Waals surface area contributed by atoms with Crippen LogP contribution < -0.4 is 10.6 Å². The van der Waals surface area contributed by atoms with Gasteiger partial charge in [0.1, 0.15) is 0 Å². The highest BCUT2D eigenvalue weighted by Crippen LogP contribution is 2.10. The van der Waals surface area contributed by atoms with Crippen molar-refractivity contribution in [3.8, 4) is 0 Å². The second kappa shape index (κ2) is 8.78. The summed E-state index contributed by atoms with van der Waals surface area (Å²) in [5, 5.41) is 10.8. The SMILES string of the molecule is CCCN1CCC(NC(=NC)NCc2cc(CC)no2)CC1. The monoisotopic (exact) mass is 307 g/mol. The van der Waals surface area contributed by atoms with E-state index in [1.807, 2.05) is 6.07 Å². The molecule has 0 amide bonds. The molecule has 1 saturated heterocycles. The van der Waals surface area contributed by atoms with Gasteiger partial charge in [-0.05, 0) is 32.2 Å². The fourth-order valence-corrected chi connectivity index (χ4v) is 2.78. The first-order chi connectivity index (χ1) is 10.7. The number of aromatic nitrogens is 1. The molecule has 0 atom stereocenters. The van der Waals surface area contributed by atoms with Gasteiger partial charge in [0.15, 0.2) is 11.7 Å². The number of rotatable bonds is 6. The predicted octanol–water partition coefficient (Wildman–Crippen LogP) is 1.78. The molecule has 0 bridgehead atoms. The Bertz CT molecular complexity index is 463. The van der Waals surface area contributed by atoms with Gasteiger partial charge in [-0.1, -0.05) is 19.0 Å². The van der Waals surface area contributed by atoms with Gasteiger partial charge < -0.3 is 20.1 Å². The highest BCUT2D eigenvalue weighted by atomic mass is 16.5. The Hall–Kier alpha value is -1.56. The lowest BCUT2D eigenvalue weighted by Crippen LogP contribution is -2.48. The summed E-state index contributed by atoms with van der Waals surface area (Å²) in [5.74, 6) is 1.68. The molecule has 2 N–H and O–H groups in total. The molecule has 124 valence electrons. The molecule has 6 heteroatoms. The van der Waals surface area contributed by atoms with Crippen LogP contribution in [-0.2, 0) is 13.0 Å².